The Hall–Kier alpha value is -1.60. The summed E-state index contributed by atoms with van der Waals surface area (Å²) in [5.41, 5.74) is 1.24. The highest BCUT2D eigenvalue weighted by Crippen LogP contribution is 2.30. The van der Waals surface area contributed by atoms with E-state index in [2.05, 4.69) is 17.0 Å². The van der Waals surface area contributed by atoms with Crippen molar-refractivity contribution in [3.05, 3.63) is 59.1 Å². The number of sulfonamides is 1. The van der Waals surface area contributed by atoms with Crippen LogP contribution >= 0.6 is 11.6 Å². The van der Waals surface area contributed by atoms with Gasteiger partial charge in [0, 0.05) is 43.8 Å². The average molecular weight is 395 g/mol. The molecule has 1 heterocycles. The van der Waals surface area contributed by atoms with Gasteiger partial charge in [-0.05, 0) is 24.6 Å². The third kappa shape index (κ3) is 4.38. The van der Waals surface area contributed by atoms with Crippen LogP contribution in [-0.4, -0.2) is 50.4 Å². The van der Waals surface area contributed by atoms with Crippen LogP contribution in [0, 0.1) is 0 Å². The number of hydrogen-bond acceptors (Lipinski definition) is 4. The largest absolute Gasteiger partial charge is 0.492 e. The Morgan fingerprint density at radius 1 is 1.04 bits per heavy atom. The number of rotatable bonds is 6. The zero-order chi connectivity index (χ0) is 18.6. The molecule has 7 heteroatoms. The zero-order valence-corrected chi connectivity index (χ0v) is 16.3. The van der Waals surface area contributed by atoms with Crippen LogP contribution in [0.4, 0.5) is 0 Å². The number of halogens is 1. The maximum absolute atomic E-state index is 13.0. The highest BCUT2D eigenvalue weighted by molar-refractivity contribution is 7.89. The Kier molecular flexibility index (Phi) is 6.19. The first-order chi connectivity index (χ1) is 12.5. The van der Waals surface area contributed by atoms with Crippen molar-refractivity contribution >= 4 is 21.6 Å². The highest BCUT2D eigenvalue weighted by Gasteiger charge is 2.31. The molecule has 1 aliphatic heterocycles. The molecule has 1 saturated heterocycles. The van der Waals surface area contributed by atoms with Crippen molar-refractivity contribution in [3.8, 4) is 5.75 Å². The summed E-state index contributed by atoms with van der Waals surface area (Å²) in [7, 11) is -3.60. The van der Waals surface area contributed by atoms with Crippen LogP contribution in [0.2, 0.25) is 5.02 Å². The van der Waals surface area contributed by atoms with Gasteiger partial charge in [-0.3, -0.25) is 4.90 Å². The second kappa shape index (κ2) is 8.39. The van der Waals surface area contributed by atoms with E-state index in [1.54, 1.807) is 12.1 Å². The molecule has 3 rings (SSSR count). The molecule has 0 spiro atoms. The summed E-state index contributed by atoms with van der Waals surface area (Å²) in [5.74, 6) is 0.312. The van der Waals surface area contributed by atoms with Gasteiger partial charge in [-0.1, -0.05) is 41.9 Å². The molecule has 140 valence electrons. The van der Waals surface area contributed by atoms with Crippen LogP contribution in [0.5, 0.6) is 5.75 Å². The zero-order valence-electron chi connectivity index (χ0n) is 14.8. The van der Waals surface area contributed by atoms with E-state index in [-0.39, 0.29) is 4.90 Å². The van der Waals surface area contributed by atoms with Crippen molar-refractivity contribution in [3.63, 3.8) is 0 Å². The van der Waals surface area contributed by atoms with E-state index in [4.69, 9.17) is 16.3 Å². The molecule has 0 bridgehead atoms. The fourth-order valence-electron chi connectivity index (χ4n) is 3.07. The smallest absolute Gasteiger partial charge is 0.246 e. The minimum absolute atomic E-state index is 0.181. The van der Waals surface area contributed by atoms with Gasteiger partial charge in [-0.2, -0.15) is 4.31 Å². The molecule has 0 unspecified atom stereocenters. The molecule has 1 aliphatic rings. The third-order valence-corrected chi connectivity index (χ3v) is 6.58. The first-order valence-corrected chi connectivity index (χ1v) is 10.5. The van der Waals surface area contributed by atoms with Gasteiger partial charge in [-0.15, -0.1) is 0 Å². The summed E-state index contributed by atoms with van der Waals surface area (Å²) in [6.45, 7) is 5.36. The van der Waals surface area contributed by atoms with Crippen molar-refractivity contribution in [2.75, 3.05) is 32.8 Å². The molecular formula is C19H23ClN2O3S. The van der Waals surface area contributed by atoms with Gasteiger partial charge in [0.15, 0.2) is 0 Å². The summed E-state index contributed by atoms with van der Waals surface area (Å²) in [4.78, 5) is 2.45. The topological polar surface area (TPSA) is 49.9 Å². The SMILES string of the molecule is CCOc1cc(Cl)ccc1S(=O)(=O)N1CCN(Cc2ccccc2)CC1. The van der Waals surface area contributed by atoms with Crippen LogP contribution in [0.3, 0.4) is 0 Å². The minimum atomic E-state index is -3.60. The van der Waals surface area contributed by atoms with Gasteiger partial charge in [0.05, 0.1) is 6.61 Å². The lowest BCUT2D eigenvalue weighted by Crippen LogP contribution is -2.48. The summed E-state index contributed by atoms with van der Waals surface area (Å²) < 4.78 is 33.1. The summed E-state index contributed by atoms with van der Waals surface area (Å²) in [6.07, 6.45) is 0. The average Bonchev–Trinajstić information content (AvgIpc) is 2.63. The van der Waals surface area contributed by atoms with Crippen molar-refractivity contribution in [1.29, 1.82) is 0 Å². The molecule has 2 aromatic rings. The van der Waals surface area contributed by atoms with Crippen molar-refractivity contribution in [2.24, 2.45) is 0 Å². The number of ether oxygens (including phenoxy) is 1. The maximum Gasteiger partial charge on any atom is 0.246 e. The molecular weight excluding hydrogens is 372 g/mol. The lowest BCUT2D eigenvalue weighted by atomic mass is 10.2. The van der Waals surface area contributed by atoms with E-state index in [9.17, 15) is 8.42 Å². The van der Waals surface area contributed by atoms with Crippen LogP contribution < -0.4 is 4.74 Å². The van der Waals surface area contributed by atoms with Crippen LogP contribution in [0.25, 0.3) is 0 Å². The number of piperazine rings is 1. The number of benzene rings is 2. The molecule has 26 heavy (non-hydrogen) atoms. The molecule has 0 saturated carbocycles. The molecule has 0 N–H and O–H groups in total. The minimum Gasteiger partial charge on any atom is -0.492 e. The summed E-state index contributed by atoms with van der Waals surface area (Å²) in [6, 6.07) is 14.9. The number of hydrogen-bond donors (Lipinski definition) is 0. The van der Waals surface area contributed by atoms with E-state index in [0.29, 0.717) is 43.6 Å². The first kappa shape index (κ1) is 19.2. The van der Waals surface area contributed by atoms with Crippen molar-refractivity contribution < 1.29 is 13.2 Å². The Balaban J connectivity index is 1.70. The predicted molar refractivity (Wildman–Crippen MR) is 103 cm³/mol. The van der Waals surface area contributed by atoms with E-state index in [1.165, 1.54) is 15.9 Å². The second-order valence-corrected chi connectivity index (χ2v) is 8.53. The molecule has 0 radical (unpaired) electrons. The highest BCUT2D eigenvalue weighted by atomic mass is 35.5. The molecule has 2 aromatic carbocycles. The van der Waals surface area contributed by atoms with Gasteiger partial charge in [0.2, 0.25) is 10.0 Å². The lowest BCUT2D eigenvalue weighted by Gasteiger charge is -2.34. The Labute approximate surface area is 160 Å². The molecule has 5 nitrogen and oxygen atoms in total. The summed E-state index contributed by atoms with van der Waals surface area (Å²) >= 11 is 5.99. The quantitative estimate of drug-likeness (QED) is 0.754. The Morgan fingerprint density at radius 2 is 1.73 bits per heavy atom. The third-order valence-electron chi connectivity index (χ3n) is 4.40. The van der Waals surface area contributed by atoms with Crippen LogP contribution in [0.15, 0.2) is 53.4 Å². The number of nitrogens with zero attached hydrogens (tertiary/aromatic N) is 2. The monoisotopic (exact) mass is 394 g/mol. The Bertz CT molecular complexity index is 835. The molecule has 0 aliphatic carbocycles. The molecule has 0 aromatic heterocycles. The fraction of sp³-hybridized carbons (Fsp3) is 0.368. The van der Waals surface area contributed by atoms with Crippen molar-refractivity contribution in [2.45, 2.75) is 18.4 Å². The molecule has 0 amide bonds. The second-order valence-electron chi connectivity index (χ2n) is 6.19. The van der Waals surface area contributed by atoms with E-state index in [0.717, 1.165) is 6.54 Å². The van der Waals surface area contributed by atoms with Crippen molar-refractivity contribution in [1.82, 2.24) is 9.21 Å². The summed E-state index contributed by atoms with van der Waals surface area (Å²) in [5, 5.41) is 0.458. The van der Waals surface area contributed by atoms with Crippen LogP contribution in [0.1, 0.15) is 12.5 Å². The normalized spacial score (nSPS) is 16.5. The molecule has 1 fully saturated rings. The van der Waals surface area contributed by atoms with Gasteiger partial charge in [-0.25, -0.2) is 8.42 Å². The van der Waals surface area contributed by atoms with Gasteiger partial charge >= 0.3 is 0 Å². The van der Waals surface area contributed by atoms with E-state index < -0.39 is 10.0 Å². The predicted octanol–water partition coefficient (Wildman–Crippen LogP) is 3.25. The standard InChI is InChI=1S/C19H23ClN2O3S/c1-2-25-18-14-17(20)8-9-19(18)26(23,24)22-12-10-21(11-13-22)15-16-6-4-3-5-7-16/h3-9,14H,2,10-13,15H2,1H3. The van der Waals surface area contributed by atoms with Gasteiger partial charge in [0.25, 0.3) is 0 Å². The lowest BCUT2D eigenvalue weighted by molar-refractivity contribution is 0.181. The van der Waals surface area contributed by atoms with Crippen LogP contribution in [-0.2, 0) is 16.6 Å². The van der Waals surface area contributed by atoms with Gasteiger partial charge < -0.3 is 4.74 Å². The Morgan fingerprint density at radius 3 is 2.38 bits per heavy atom. The van der Waals surface area contributed by atoms with E-state index >= 15 is 0 Å². The first-order valence-electron chi connectivity index (χ1n) is 8.69. The van der Waals surface area contributed by atoms with Gasteiger partial charge in [0.1, 0.15) is 10.6 Å². The molecule has 0 atom stereocenters. The fourth-order valence-corrected chi connectivity index (χ4v) is 4.77. The van der Waals surface area contributed by atoms with E-state index in [1.807, 2.05) is 25.1 Å². The maximum atomic E-state index is 13.0.